The second kappa shape index (κ2) is 4.95. The first kappa shape index (κ1) is 11.6. The van der Waals surface area contributed by atoms with E-state index in [1.165, 1.54) is 30.6 Å². The van der Waals surface area contributed by atoms with Crippen molar-refractivity contribution in [1.82, 2.24) is 10.2 Å². The Morgan fingerprint density at radius 2 is 2.00 bits per heavy atom. The minimum atomic E-state index is -0.154. The van der Waals surface area contributed by atoms with E-state index in [0.717, 1.165) is 6.42 Å². The number of nitrogens with zero attached hydrogens (tertiary/aromatic N) is 1. The van der Waals surface area contributed by atoms with Gasteiger partial charge >= 0.3 is 0 Å². The van der Waals surface area contributed by atoms with Crippen molar-refractivity contribution in [2.75, 3.05) is 13.1 Å². The largest absolute Gasteiger partial charge is 0.297 e. The third-order valence-electron chi connectivity index (χ3n) is 3.69. The zero-order valence-electron chi connectivity index (χ0n) is 9.87. The van der Waals surface area contributed by atoms with E-state index in [-0.39, 0.29) is 17.9 Å². The first-order valence-corrected chi connectivity index (χ1v) is 6.30. The van der Waals surface area contributed by atoms with Gasteiger partial charge in [-0.15, -0.1) is 0 Å². The zero-order chi connectivity index (χ0) is 11.5. The Balaban J connectivity index is 1.98. The van der Waals surface area contributed by atoms with Gasteiger partial charge in [0.25, 0.3) is 0 Å². The molecule has 0 aromatic carbocycles. The molecule has 16 heavy (non-hydrogen) atoms. The minimum Gasteiger partial charge on any atom is -0.297 e. The van der Waals surface area contributed by atoms with Crippen LogP contribution in [-0.4, -0.2) is 35.8 Å². The molecule has 1 saturated heterocycles. The molecule has 4 heteroatoms. The Bertz CT molecular complexity index is 285. The van der Waals surface area contributed by atoms with Crippen molar-refractivity contribution in [1.29, 1.82) is 0 Å². The molecule has 90 valence electrons. The molecule has 0 radical (unpaired) electrons. The summed E-state index contributed by atoms with van der Waals surface area (Å²) < 4.78 is 0. The summed E-state index contributed by atoms with van der Waals surface area (Å²) in [7, 11) is 0. The number of hydrogen-bond acceptors (Lipinski definition) is 3. The number of carbonyl (C=O) groups is 2. The predicted octanol–water partition coefficient (Wildman–Crippen LogP) is 0.914. The lowest BCUT2D eigenvalue weighted by molar-refractivity contribution is -0.150. The molecule has 1 atom stereocenters. The van der Waals surface area contributed by atoms with Gasteiger partial charge in [0.05, 0.1) is 12.6 Å². The SMILES string of the molecule is CCC1NCC(=O)N(CC2CCCC2)C1=O. The number of nitrogens with one attached hydrogen (secondary N) is 1. The van der Waals surface area contributed by atoms with Crippen LogP contribution in [0, 0.1) is 5.92 Å². The molecule has 2 rings (SSSR count). The molecule has 1 heterocycles. The van der Waals surface area contributed by atoms with Crippen molar-refractivity contribution in [2.24, 2.45) is 5.92 Å². The number of imide groups is 1. The van der Waals surface area contributed by atoms with Crippen molar-refractivity contribution in [3.05, 3.63) is 0 Å². The molecule has 0 aromatic heterocycles. The summed E-state index contributed by atoms with van der Waals surface area (Å²) in [6, 6.07) is -0.154. The van der Waals surface area contributed by atoms with Gasteiger partial charge in [-0.3, -0.25) is 19.8 Å². The summed E-state index contributed by atoms with van der Waals surface area (Å²) in [4.78, 5) is 25.2. The fourth-order valence-electron chi connectivity index (χ4n) is 2.67. The highest BCUT2D eigenvalue weighted by molar-refractivity contribution is 6.01. The van der Waals surface area contributed by atoms with Gasteiger partial charge in [-0.25, -0.2) is 0 Å². The van der Waals surface area contributed by atoms with Crippen molar-refractivity contribution >= 4 is 11.8 Å². The molecule has 0 spiro atoms. The average molecular weight is 224 g/mol. The third kappa shape index (κ3) is 2.26. The fraction of sp³-hybridized carbons (Fsp3) is 0.833. The lowest BCUT2D eigenvalue weighted by Gasteiger charge is -2.32. The van der Waals surface area contributed by atoms with Crippen LogP contribution in [0.3, 0.4) is 0 Å². The Morgan fingerprint density at radius 1 is 1.31 bits per heavy atom. The number of rotatable bonds is 3. The Labute approximate surface area is 96.4 Å². The molecule has 1 aliphatic heterocycles. The molecule has 1 saturated carbocycles. The van der Waals surface area contributed by atoms with E-state index in [2.05, 4.69) is 5.32 Å². The van der Waals surface area contributed by atoms with Gasteiger partial charge in [0, 0.05) is 6.54 Å². The smallest absolute Gasteiger partial charge is 0.246 e. The van der Waals surface area contributed by atoms with Crippen LogP contribution in [0.5, 0.6) is 0 Å². The fourth-order valence-corrected chi connectivity index (χ4v) is 2.67. The van der Waals surface area contributed by atoms with E-state index in [1.54, 1.807) is 0 Å². The van der Waals surface area contributed by atoms with Crippen molar-refractivity contribution < 1.29 is 9.59 Å². The van der Waals surface area contributed by atoms with Crippen molar-refractivity contribution in [3.63, 3.8) is 0 Å². The highest BCUT2D eigenvalue weighted by Gasteiger charge is 2.34. The maximum absolute atomic E-state index is 12.0. The Morgan fingerprint density at radius 3 is 2.62 bits per heavy atom. The van der Waals surface area contributed by atoms with E-state index in [0.29, 0.717) is 19.0 Å². The molecule has 0 aromatic rings. The van der Waals surface area contributed by atoms with Gasteiger partial charge < -0.3 is 0 Å². The van der Waals surface area contributed by atoms with Crippen LogP contribution in [0.4, 0.5) is 0 Å². The summed E-state index contributed by atoms with van der Waals surface area (Å²) in [5, 5.41) is 2.98. The molecule has 4 nitrogen and oxygen atoms in total. The first-order chi connectivity index (χ1) is 7.72. The molecule has 1 aliphatic carbocycles. The lowest BCUT2D eigenvalue weighted by Crippen LogP contribution is -2.58. The van der Waals surface area contributed by atoms with Crippen LogP contribution in [0.1, 0.15) is 39.0 Å². The summed E-state index contributed by atoms with van der Waals surface area (Å²) in [6.07, 6.45) is 5.59. The lowest BCUT2D eigenvalue weighted by atomic mass is 10.1. The Hall–Kier alpha value is -0.900. The molecular formula is C12H20N2O2. The second-order valence-corrected chi connectivity index (χ2v) is 4.83. The van der Waals surface area contributed by atoms with Crippen LogP contribution >= 0.6 is 0 Å². The van der Waals surface area contributed by atoms with Gasteiger partial charge in [0.2, 0.25) is 11.8 Å². The molecule has 2 amide bonds. The van der Waals surface area contributed by atoms with Gasteiger partial charge in [-0.2, -0.15) is 0 Å². The molecule has 1 unspecified atom stereocenters. The highest BCUT2D eigenvalue weighted by atomic mass is 16.2. The zero-order valence-corrected chi connectivity index (χ0v) is 9.87. The highest BCUT2D eigenvalue weighted by Crippen LogP contribution is 2.26. The van der Waals surface area contributed by atoms with E-state index >= 15 is 0 Å². The number of hydrogen-bond donors (Lipinski definition) is 1. The Kier molecular flexibility index (Phi) is 3.59. The first-order valence-electron chi connectivity index (χ1n) is 6.30. The maximum atomic E-state index is 12.0. The predicted molar refractivity (Wildman–Crippen MR) is 60.8 cm³/mol. The van der Waals surface area contributed by atoms with Crippen LogP contribution in [0.25, 0.3) is 0 Å². The van der Waals surface area contributed by atoms with Crippen LogP contribution in [0.15, 0.2) is 0 Å². The summed E-state index contributed by atoms with van der Waals surface area (Å²) in [6.45, 7) is 2.94. The molecule has 0 bridgehead atoms. The number of carbonyl (C=O) groups excluding carboxylic acids is 2. The summed E-state index contributed by atoms with van der Waals surface area (Å²) in [5.41, 5.74) is 0. The van der Waals surface area contributed by atoms with Crippen LogP contribution in [-0.2, 0) is 9.59 Å². The maximum Gasteiger partial charge on any atom is 0.246 e. The van der Waals surface area contributed by atoms with Crippen molar-refractivity contribution in [2.45, 2.75) is 45.1 Å². The molecule has 2 aliphatic rings. The van der Waals surface area contributed by atoms with E-state index < -0.39 is 0 Å². The standard InChI is InChI=1S/C12H20N2O2/c1-2-10-12(16)14(11(15)7-13-10)8-9-5-3-4-6-9/h9-10,13H,2-8H2,1H3. The van der Waals surface area contributed by atoms with Crippen molar-refractivity contribution in [3.8, 4) is 0 Å². The summed E-state index contributed by atoms with van der Waals surface area (Å²) >= 11 is 0. The monoisotopic (exact) mass is 224 g/mol. The minimum absolute atomic E-state index is 0.0225. The third-order valence-corrected chi connectivity index (χ3v) is 3.69. The number of piperazine rings is 1. The normalized spacial score (nSPS) is 27.8. The molecular weight excluding hydrogens is 204 g/mol. The second-order valence-electron chi connectivity index (χ2n) is 4.83. The van der Waals surface area contributed by atoms with E-state index in [4.69, 9.17) is 0 Å². The van der Waals surface area contributed by atoms with Crippen LogP contribution in [0.2, 0.25) is 0 Å². The van der Waals surface area contributed by atoms with E-state index in [1.807, 2.05) is 6.92 Å². The molecule has 2 fully saturated rings. The average Bonchev–Trinajstić information content (AvgIpc) is 2.77. The van der Waals surface area contributed by atoms with Gasteiger partial charge in [0.15, 0.2) is 0 Å². The van der Waals surface area contributed by atoms with Crippen LogP contribution < -0.4 is 5.32 Å². The molecule has 1 N–H and O–H groups in total. The van der Waals surface area contributed by atoms with Gasteiger partial charge in [0.1, 0.15) is 0 Å². The van der Waals surface area contributed by atoms with Gasteiger partial charge in [-0.05, 0) is 25.2 Å². The van der Waals surface area contributed by atoms with Gasteiger partial charge in [-0.1, -0.05) is 19.8 Å². The van der Waals surface area contributed by atoms with E-state index in [9.17, 15) is 9.59 Å². The quantitative estimate of drug-likeness (QED) is 0.725. The topological polar surface area (TPSA) is 49.4 Å². The summed E-state index contributed by atoms with van der Waals surface area (Å²) in [5.74, 6) is 0.468. The number of amides is 2.